The van der Waals surface area contributed by atoms with Crippen LogP contribution in [0.25, 0.3) is 22.6 Å². The molecule has 0 amide bonds. The maximum atomic E-state index is 12.5. The summed E-state index contributed by atoms with van der Waals surface area (Å²) >= 11 is 0. The highest BCUT2D eigenvalue weighted by molar-refractivity contribution is 5.88. The van der Waals surface area contributed by atoms with Gasteiger partial charge in [-0.1, -0.05) is 12.8 Å². The van der Waals surface area contributed by atoms with Crippen molar-refractivity contribution in [3.63, 3.8) is 0 Å². The number of aromatic nitrogens is 4. The number of hydrogen-bond acceptors (Lipinski definition) is 9. The van der Waals surface area contributed by atoms with Crippen molar-refractivity contribution in [2.45, 2.75) is 64.2 Å². The van der Waals surface area contributed by atoms with E-state index in [1.807, 2.05) is 19.1 Å². The zero-order chi connectivity index (χ0) is 27.4. The van der Waals surface area contributed by atoms with Crippen LogP contribution >= 0.6 is 0 Å². The Morgan fingerprint density at radius 1 is 1.16 bits per heavy atom. The fraction of sp³-hybridized carbons (Fsp3) is 0.500. The lowest BCUT2D eigenvalue weighted by molar-refractivity contribution is -0.201. The first-order valence-corrected chi connectivity index (χ1v) is 12.3. The molecule has 3 aliphatic rings. The molecule has 4 rings (SSSR count). The van der Waals surface area contributed by atoms with Crippen molar-refractivity contribution in [3.05, 3.63) is 38.5 Å². The van der Waals surface area contributed by atoms with Crippen LogP contribution in [0, 0.1) is 6.92 Å². The second kappa shape index (κ2) is 11.3. The third-order valence-electron chi connectivity index (χ3n) is 6.33. The average Bonchev–Trinajstić information content (AvgIpc) is 3.34. The van der Waals surface area contributed by atoms with Gasteiger partial charge in [-0.2, -0.15) is 18.2 Å². The molecule has 0 saturated carbocycles. The molecule has 1 fully saturated rings. The zero-order valence-corrected chi connectivity index (χ0v) is 20.6. The van der Waals surface area contributed by atoms with Crippen molar-refractivity contribution in [1.82, 2.24) is 24.8 Å². The summed E-state index contributed by atoms with van der Waals surface area (Å²) in [7, 11) is 0. The number of unbranched alkanes of at least 4 members (excludes halogenated alkanes) is 3. The second-order valence-corrected chi connectivity index (χ2v) is 9.22. The molecule has 14 heteroatoms. The Bertz CT molecular complexity index is 1430. The predicted octanol–water partition coefficient (Wildman–Crippen LogP) is 2.25. The van der Waals surface area contributed by atoms with E-state index in [9.17, 15) is 32.3 Å². The highest BCUT2D eigenvalue weighted by Crippen LogP contribution is 2.28. The van der Waals surface area contributed by atoms with Crippen molar-refractivity contribution >= 4 is 28.7 Å². The molecular weight excluding hydrogens is 509 g/mol. The van der Waals surface area contributed by atoms with Gasteiger partial charge >= 0.3 is 23.8 Å². The van der Waals surface area contributed by atoms with Gasteiger partial charge in [-0.05, 0) is 50.4 Å². The van der Waals surface area contributed by atoms with E-state index in [2.05, 4.69) is 30.3 Å². The summed E-state index contributed by atoms with van der Waals surface area (Å²) in [5.74, 6) is -3.60. The first-order chi connectivity index (χ1) is 18.0. The summed E-state index contributed by atoms with van der Waals surface area (Å²) < 4.78 is 42.1. The van der Waals surface area contributed by atoms with E-state index in [-0.39, 0.29) is 30.4 Å². The number of H-pyrrole nitrogens is 1. The number of carbonyl (C=O) groups is 2. The van der Waals surface area contributed by atoms with E-state index in [1.54, 1.807) is 4.57 Å². The lowest BCUT2D eigenvalue weighted by atomic mass is 10.1. The van der Waals surface area contributed by atoms with Gasteiger partial charge in [0.1, 0.15) is 0 Å². The van der Waals surface area contributed by atoms with Crippen LogP contribution in [0.2, 0.25) is 0 Å². The lowest BCUT2D eigenvalue weighted by Gasteiger charge is -2.20. The highest BCUT2D eigenvalue weighted by Gasteiger charge is 2.42. The van der Waals surface area contributed by atoms with E-state index in [1.165, 1.54) is 0 Å². The summed E-state index contributed by atoms with van der Waals surface area (Å²) in [6.07, 6.45) is -2.71. The minimum absolute atomic E-state index is 0.0364. The number of esters is 2. The summed E-state index contributed by atoms with van der Waals surface area (Å²) in [4.78, 5) is 57.3. The molecule has 0 radical (unpaired) electrons. The number of fused-ring (bicyclic) bond motifs is 2. The van der Waals surface area contributed by atoms with Gasteiger partial charge in [0.15, 0.2) is 11.5 Å². The van der Waals surface area contributed by atoms with E-state index in [4.69, 9.17) is 0 Å². The van der Waals surface area contributed by atoms with Crippen LogP contribution in [0.5, 0.6) is 0 Å². The van der Waals surface area contributed by atoms with Crippen molar-refractivity contribution in [1.29, 1.82) is 0 Å². The third kappa shape index (κ3) is 6.36. The van der Waals surface area contributed by atoms with Crippen LogP contribution in [0.4, 0.5) is 18.9 Å². The molecule has 11 nitrogen and oxygen atoms in total. The fourth-order valence-corrected chi connectivity index (χ4v) is 4.43. The standard InChI is InChI=1S/C24H27F3N6O5/c1-13-10-16-17(11-15(13)29-14-7-8-28-12-14)33(20-19(30-16)21(35)32-23(37)31-20)9-5-3-2-4-6-18(34)38-22(36)24(25,26)27/h10-11,14,28-29H,2-9,12H2,1H3,(H,32,35,37)/t14-/m0/s1. The number of benzene rings is 1. The first-order valence-electron chi connectivity index (χ1n) is 12.3. The molecule has 0 unspecified atom stereocenters. The molecule has 0 aromatic heterocycles. The SMILES string of the molecule is Cc1cc2nc3c(=O)[nH]c(=O)nc-3n(CCCCCCC(=O)OC(=O)C(F)(F)F)c2cc1N[C@H]1CCNC1. The number of anilines is 1. The molecule has 204 valence electrons. The molecule has 3 heterocycles. The Morgan fingerprint density at radius 2 is 1.92 bits per heavy atom. The van der Waals surface area contributed by atoms with Gasteiger partial charge in [0, 0.05) is 31.2 Å². The number of hydrogen-bond donors (Lipinski definition) is 3. The predicted molar refractivity (Wildman–Crippen MR) is 131 cm³/mol. The molecule has 0 aliphatic carbocycles. The van der Waals surface area contributed by atoms with Gasteiger partial charge < -0.3 is 19.9 Å². The number of alkyl halides is 3. The van der Waals surface area contributed by atoms with Crippen LogP contribution in [-0.2, 0) is 20.9 Å². The van der Waals surface area contributed by atoms with E-state index in [0.29, 0.717) is 36.8 Å². The molecule has 3 aliphatic heterocycles. The number of halogens is 3. The van der Waals surface area contributed by atoms with Gasteiger partial charge in [-0.15, -0.1) is 0 Å². The van der Waals surface area contributed by atoms with E-state index >= 15 is 0 Å². The van der Waals surface area contributed by atoms with Crippen LogP contribution < -0.4 is 21.9 Å². The van der Waals surface area contributed by atoms with Crippen molar-refractivity contribution in [2.75, 3.05) is 18.4 Å². The summed E-state index contributed by atoms with van der Waals surface area (Å²) in [5.41, 5.74) is 1.71. The van der Waals surface area contributed by atoms with Gasteiger partial charge in [-0.3, -0.25) is 14.6 Å². The number of aryl methyl sites for hydroxylation is 2. The molecule has 0 spiro atoms. The van der Waals surface area contributed by atoms with Crippen LogP contribution in [0.1, 0.15) is 44.1 Å². The third-order valence-corrected chi connectivity index (χ3v) is 6.33. The van der Waals surface area contributed by atoms with E-state index in [0.717, 1.165) is 30.8 Å². The number of rotatable bonds is 9. The largest absolute Gasteiger partial charge is 0.491 e. The molecule has 3 N–H and O–H groups in total. The van der Waals surface area contributed by atoms with Crippen LogP contribution in [0.3, 0.4) is 0 Å². The van der Waals surface area contributed by atoms with Crippen molar-refractivity contribution in [2.24, 2.45) is 0 Å². The normalized spacial score (nSPS) is 15.7. The topological polar surface area (TPSA) is 148 Å². The Labute approximate surface area is 214 Å². The van der Waals surface area contributed by atoms with Crippen molar-refractivity contribution in [3.8, 4) is 11.5 Å². The summed E-state index contributed by atoms with van der Waals surface area (Å²) in [6, 6.07) is 4.06. The Balaban J connectivity index is 1.50. The fourth-order valence-electron chi connectivity index (χ4n) is 4.43. The van der Waals surface area contributed by atoms with Gasteiger partial charge in [0.2, 0.25) is 0 Å². The minimum atomic E-state index is -5.22. The number of ether oxygens (including phenoxy) is 1. The molecular formula is C24H27F3N6O5. The molecule has 38 heavy (non-hydrogen) atoms. The minimum Gasteiger partial charge on any atom is -0.386 e. The summed E-state index contributed by atoms with van der Waals surface area (Å²) in [6.45, 7) is 4.07. The quantitative estimate of drug-likeness (QED) is 0.162. The first kappa shape index (κ1) is 27.2. The Kier molecular flexibility index (Phi) is 8.09. The zero-order valence-electron chi connectivity index (χ0n) is 20.6. The Hall–Kier alpha value is -3.81. The number of nitrogens with one attached hydrogen (secondary N) is 3. The molecule has 1 atom stereocenters. The summed E-state index contributed by atoms with van der Waals surface area (Å²) in [5, 5.41) is 6.83. The molecule has 1 saturated heterocycles. The maximum absolute atomic E-state index is 12.5. The monoisotopic (exact) mass is 536 g/mol. The molecule has 1 aromatic rings. The smallest absolute Gasteiger partial charge is 0.386 e. The Morgan fingerprint density at radius 3 is 2.63 bits per heavy atom. The highest BCUT2D eigenvalue weighted by atomic mass is 19.4. The van der Waals surface area contributed by atoms with Crippen LogP contribution in [0.15, 0.2) is 21.7 Å². The van der Waals surface area contributed by atoms with Gasteiger partial charge in [0.05, 0.1) is 11.0 Å². The molecule has 0 bridgehead atoms. The lowest BCUT2D eigenvalue weighted by Crippen LogP contribution is -2.29. The number of nitrogens with zero attached hydrogens (tertiary/aromatic N) is 3. The number of aromatic amines is 1. The average molecular weight is 537 g/mol. The molecule has 1 aromatic carbocycles. The second-order valence-electron chi connectivity index (χ2n) is 9.22. The van der Waals surface area contributed by atoms with Gasteiger partial charge in [0.25, 0.3) is 5.56 Å². The van der Waals surface area contributed by atoms with Crippen molar-refractivity contribution < 1.29 is 27.5 Å². The van der Waals surface area contributed by atoms with Gasteiger partial charge in [-0.25, -0.2) is 14.6 Å². The number of carbonyl (C=O) groups excluding carboxylic acids is 2. The van der Waals surface area contributed by atoms with Crippen LogP contribution in [-0.4, -0.2) is 56.8 Å². The maximum Gasteiger partial charge on any atom is 0.491 e. The van der Waals surface area contributed by atoms with E-state index < -0.39 is 29.4 Å².